The minimum Gasteiger partial charge on any atom is -0.480 e. The molecular weight excluding hydrogens is 300 g/mol. The number of hydrogen-bond acceptors (Lipinski definition) is 2. The van der Waals surface area contributed by atoms with Gasteiger partial charge in [-0.3, -0.25) is 9.69 Å². The summed E-state index contributed by atoms with van der Waals surface area (Å²) in [4.78, 5) is 13.3. The summed E-state index contributed by atoms with van der Waals surface area (Å²) in [6.45, 7) is 0.578. The van der Waals surface area contributed by atoms with E-state index >= 15 is 0 Å². The summed E-state index contributed by atoms with van der Waals surface area (Å²) in [6, 6.07) is 11.0. The fourth-order valence-corrected chi connectivity index (χ4v) is 3.29. The molecule has 0 aromatic heterocycles. The van der Waals surface area contributed by atoms with Gasteiger partial charge in [0.15, 0.2) is 0 Å². The maximum Gasteiger partial charge on any atom is 0.320 e. The Morgan fingerprint density at radius 1 is 1.09 bits per heavy atom. The molecule has 0 spiro atoms. The minimum atomic E-state index is -0.902. The number of carbonyl (C=O) groups is 1. The first-order chi connectivity index (χ1) is 11.1. The van der Waals surface area contributed by atoms with Gasteiger partial charge in [0.2, 0.25) is 0 Å². The van der Waals surface area contributed by atoms with Crippen LogP contribution in [-0.4, -0.2) is 28.6 Å². The highest BCUT2D eigenvalue weighted by Crippen LogP contribution is 2.35. The molecule has 3 rings (SSSR count). The molecule has 1 N–H and O–H groups in total. The maximum absolute atomic E-state index is 13.7. The first kappa shape index (κ1) is 15.6. The van der Waals surface area contributed by atoms with Gasteiger partial charge in [0.25, 0.3) is 0 Å². The van der Waals surface area contributed by atoms with E-state index in [0.29, 0.717) is 24.1 Å². The summed E-state index contributed by atoms with van der Waals surface area (Å²) in [7, 11) is 0. The van der Waals surface area contributed by atoms with Crippen molar-refractivity contribution in [3.63, 3.8) is 0 Å². The summed E-state index contributed by atoms with van der Waals surface area (Å²) < 4.78 is 27.3. The fourth-order valence-electron chi connectivity index (χ4n) is 3.29. The SMILES string of the molecule is O=C(O)C1CCCN1C(c1cccc(F)c1)c1cccc(F)c1. The van der Waals surface area contributed by atoms with Crippen molar-refractivity contribution in [3.8, 4) is 0 Å². The van der Waals surface area contributed by atoms with Crippen LogP contribution in [0.2, 0.25) is 0 Å². The highest BCUT2D eigenvalue weighted by molar-refractivity contribution is 5.74. The Morgan fingerprint density at radius 3 is 2.13 bits per heavy atom. The van der Waals surface area contributed by atoms with Crippen molar-refractivity contribution < 1.29 is 18.7 Å². The summed E-state index contributed by atoms with van der Waals surface area (Å²) in [5, 5.41) is 9.45. The van der Waals surface area contributed by atoms with Gasteiger partial charge in [0.1, 0.15) is 17.7 Å². The lowest BCUT2D eigenvalue weighted by Gasteiger charge is -2.32. The van der Waals surface area contributed by atoms with E-state index < -0.39 is 29.7 Å². The smallest absolute Gasteiger partial charge is 0.320 e. The molecule has 2 aromatic rings. The molecule has 2 aromatic carbocycles. The van der Waals surface area contributed by atoms with Gasteiger partial charge < -0.3 is 5.11 Å². The number of likely N-dealkylation sites (tertiary alicyclic amines) is 1. The van der Waals surface area contributed by atoms with Crippen LogP contribution in [0, 0.1) is 11.6 Å². The van der Waals surface area contributed by atoms with E-state index in [2.05, 4.69) is 0 Å². The van der Waals surface area contributed by atoms with Gasteiger partial charge in [0, 0.05) is 6.54 Å². The molecule has 1 aliphatic heterocycles. The van der Waals surface area contributed by atoms with Crippen LogP contribution in [0.5, 0.6) is 0 Å². The van der Waals surface area contributed by atoms with E-state index in [-0.39, 0.29) is 0 Å². The van der Waals surface area contributed by atoms with Crippen LogP contribution in [0.1, 0.15) is 30.0 Å². The number of aliphatic carboxylic acids is 1. The fraction of sp³-hybridized carbons (Fsp3) is 0.278. The molecule has 23 heavy (non-hydrogen) atoms. The van der Waals surface area contributed by atoms with Gasteiger partial charge in [-0.25, -0.2) is 8.78 Å². The van der Waals surface area contributed by atoms with Crippen LogP contribution in [-0.2, 0) is 4.79 Å². The summed E-state index contributed by atoms with van der Waals surface area (Å²) in [5.41, 5.74) is 1.26. The van der Waals surface area contributed by atoms with E-state index in [1.54, 1.807) is 24.3 Å². The Morgan fingerprint density at radius 2 is 1.65 bits per heavy atom. The molecule has 5 heteroatoms. The van der Waals surface area contributed by atoms with Gasteiger partial charge >= 0.3 is 5.97 Å². The lowest BCUT2D eigenvalue weighted by atomic mass is 9.96. The lowest BCUT2D eigenvalue weighted by Crippen LogP contribution is -2.39. The molecule has 1 atom stereocenters. The van der Waals surface area contributed by atoms with Crippen LogP contribution < -0.4 is 0 Å². The van der Waals surface area contributed by atoms with Crippen molar-refractivity contribution in [1.82, 2.24) is 4.90 Å². The predicted molar refractivity (Wildman–Crippen MR) is 82.0 cm³/mol. The molecule has 1 saturated heterocycles. The number of hydrogen-bond donors (Lipinski definition) is 1. The van der Waals surface area contributed by atoms with Gasteiger partial charge in [0.05, 0.1) is 6.04 Å². The second-order valence-electron chi connectivity index (χ2n) is 5.75. The standard InChI is InChI=1S/C18H17F2NO2/c19-14-6-1-4-12(10-14)17(13-5-2-7-15(20)11-13)21-9-3-8-16(21)18(22)23/h1-2,4-7,10-11,16-17H,3,8-9H2,(H,22,23). The Balaban J connectivity index is 2.08. The Kier molecular flexibility index (Phi) is 4.39. The maximum atomic E-state index is 13.7. The van der Waals surface area contributed by atoms with Crippen molar-refractivity contribution in [1.29, 1.82) is 0 Å². The molecule has 0 saturated carbocycles. The minimum absolute atomic E-state index is 0.394. The Labute approximate surface area is 133 Å². The van der Waals surface area contributed by atoms with Crippen LogP contribution >= 0.6 is 0 Å². The topological polar surface area (TPSA) is 40.5 Å². The average Bonchev–Trinajstić information content (AvgIpc) is 2.97. The quantitative estimate of drug-likeness (QED) is 0.936. The van der Waals surface area contributed by atoms with Crippen molar-refractivity contribution in [2.75, 3.05) is 6.54 Å². The average molecular weight is 317 g/mol. The van der Waals surface area contributed by atoms with Crippen molar-refractivity contribution in [2.45, 2.75) is 24.9 Å². The molecule has 0 amide bonds. The first-order valence-corrected chi connectivity index (χ1v) is 7.56. The molecule has 0 aliphatic carbocycles. The summed E-state index contributed by atoms with van der Waals surface area (Å²) in [6.07, 6.45) is 1.29. The van der Waals surface area contributed by atoms with Gasteiger partial charge in [-0.15, -0.1) is 0 Å². The zero-order valence-electron chi connectivity index (χ0n) is 12.5. The van der Waals surface area contributed by atoms with Crippen LogP contribution in [0.25, 0.3) is 0 Å². The van der Waals surface area contributed by atoms with Crippen LogP contribution in [0.3, 0.4) is 0 Å². The van der Waals surface area contributed by atoms with Gasteiger partial charge in [-0.1, -0.05) is 24.3 Å². The molecule has 1 unspecified atom stereocenters. The van der Waals surface area contributed by atoms with Crippen molar-refractivity contribution in [2.24, 2.45) is 0 Å². The van der Waals surface area contributed by atoms with Crippen molar-refractivity contribution in [3.05, 3.63) is 71.3 Å². The molecule has 1 fully saturated rings. The number of nitrogens with zero attached hydrogens (tertiary/aromatic N) is 1. The third-order valence-corrected chi connectivity index (χ3v) is 4.24. The van der Waals surface area contributed by atoms with Crippen molar-refractivity contribution >= 4 is 5.97 Å². The highest BCUT2D eigenvalue weighted by Gasteiger charge is 2.37. The third kappa shape index (κ3) is 3.24. The zero-order valence-corrected chi connectivity index (χ0v) is 12.5. The second-order valence-corrected chi connectivity index (χ2v) is 5.75. The van der Waals surface area contributed by atoms with E-state index in [4.69, 9.17) is 0 Å². The van der Waals surface area contributed by atoms with E-state index in [9.17, 15) is 18.7 Å². The molecule has 0 radical (unpaired) electrons. The molecule has 120 valence electrons. The van der Waals surface area contributed by atoms with Gasteiger partial charge in [-0.2, -0.15) is 0 Å². The molecule has 3 nitrogen and oxygen atoms in total. The Hall–Kier alpha value is -2.27. The van der Waals surface area contributed by atoms with Gasteiger partial charge in [-0.05, 0) is 48.2 Å². The summed E-state index contributed by atoms with van der Waals surface area (Å²) >= 11 is 0. The first-order valence-electron chi connectivity index (χ1n) is 7.56. The van der Waals surface area contributed by atoms with E-state index in [0.717, 1.165) is 6.42 Å². The number of benzene rings is 2. The molecular formula is C18H17F2NO2. The van der Waals surface area contributed by atoms with E-state index in [1.807, 2.05) is 4.90 Å². The molecule has 1 heterocycles. The van der Waals surface area contributed by atoms with E-state index in [1.165, 1.54) is 24.3 Å². The number of halogens is 2. The molecule has 0 bridgehead atoms. The lowest BCUT2D eigenvalue weighted by molar-refractivity contribution is -0.142. The largest absolute Gasteiger partial charge is 0.480 e. The predicted octanol–water partition coefficient (Wildman–Crippen LogP) is 3.60. The van der Waals surface area contributed by atoms with Crippen LogP contribution in [0.15, 0.2) is 48.5 Å². The normalized spacial score (nSPS) is 18.5. The Bertz CT molecular complexity index is 674. The zero-order chi connectivity index (χ0) is 16.4. The highest BCUT2D eigenvalue weighted by atomic mass is 19.1. The number of carboxylic acids is 1. The van der Waals surface area contributed by atoms with Crippen LogP contribution in [0.4, 0.5) is 8.78 Å². The second kappa shape index (κ2) is 6.46. The third-order valence-electron chi connectivity index (χ3n) is 4.24. The number of rotatable bonds is 4. The monoisotopic (exact) mass is 317 g/mol. The number of carboxylic acid groups (broad SMARTS) is 1. The summed E-state index contributed by atoms with van der Waals surface area (Å²) in [5.74, 6) is -1.69. The molecule has 1 aliphatic rings.